The summed E-state index contributed by atoms with van der Waals surface area (Å²) in [6.07, 6.45) is 1.93. The largest absolute Gasteiger partial charge is 0.319 e. The predicted molar refractivity (Wildman–Crippen MR) is 80.1 cm³/mol. The smallest absolute Gasteiger partial charge is 0.168 e. The Bertz CT molecular complexity index is 578. The molecule has 5 heteroatoms. The molecular formula is C14H15ClN2OS. The van der Waals surface area contributed by atoms with Gasteiger partial charge in [0.05, 0.1) is 0 Å². The van der Waals surface area contributed by atoms with E-state index in [0.717, 1.165) is 29.2 Å². The number of thioether (sulfide) groups is 1. The molecule has 1 aromatic heterocycles. The van der Waals surface area contributed by atoms with Crippen molar-refractivity contribution in [3.8, 4) is 11.3 Å². The van der Waals surface area contributed by atoms with Crippen LogP contribution in [0.3, 0.4) is 0 Å². The van der Waals surface area contributed by atoms with Gasteiger partial charge in [-0.25, -0.2) is 4.98 Å². The van der Waals surface area contributed by atoms with Crippen molar-refractivity contribution in [2.75, 3.05) is 5.75 Å². The van der Waals surface area contributed by atoms with Crippen molar-refractivity contribution in [3.63, 3.8) is 0 Å². The molecule has 0 unspecified atom stereocenters. The predicted octanol–water partition coefficient (Wildman–Crippen LogP) is 4.06. The van der Waals surface area contributed by atoms with Crippen molar-refractivity contribution in [1.82, 2.24) is 9.55 Å². The fraction of sp³-hybridized carbons (Fsp3) is 0.286. The molecule has 0 aliphatic rings. The molecule has 0 bridgehead atoms. The fourth-order valence-electron chi connectivity index (χ4n) is 1.77. The van der Waals surface area contributed by atoms with Crippen molar-refractivity contribution in [3.05, 3.63) is 35.0 Å². The summed E-state index contributed by atoms with van der Waals surface area (Å²) in [5.41, 5.74) is 2.22. The summed E-state index contributed by atoms with van der Waals surface area (Å²) in [7, 11) is 1.87. The molecule has 1 aromatic carbocycles. The molecule has 2 rings (SSSR count). The van der Waals surface area contributed by atoms with Crippen molar-refractivity contribution in [2.45, 2.75) is 18.5 Å². The molecule has 3 nitrogen and oxygen atoms in total. The van der Waals surface area contributed by atoms with Gasteiger partial charge in [0.15, 0.2) is 11.4 Å². The number of hydrogen-bond acceptors (Lipinski definition) is 3. The lowest BCUT2D eigenvalue weighted by Crippen LogP contribution is -1.97. The van der Waals surface area contributed by atoms with E-state index in [1.807, 2.05) is 23.7 Å². The highest BCUT2D eigenvalue weighted by Crippen LogP contribution is 2.28. The first-order valence-corrected chi connectivity index (χ1v) is 7.44. The molecule has 0 aliphatic carbocycles. The van der Waals surface area contributed by atoms with E-state index in [9.17, 15) is 4.79 Å². The zero-order chi connectivity index (χ0) is 13.8. The van der Waals surface area contributed by atoms with Crippen LogP contribution >= 0.6 is 23.4 Å². The Labute approximate surface area is 122 Å². The van der Waals surface area contributed by atoms with Crippen LogP contribution in [0.1, 0.15) is 23.8 Å². The molecule has 0 N–H and O–H groups in total. The van der Waals surface area contributed by atoms with Crippen LogP contribution in [0.2, 0.25) is 5.02 Å². The first-order chi connectivity index (χ1) is 9.17. The van der Waals surface area contributed by atoms with Gasteiger partial charge in [-0.15, -0.1) is 0 Å². The lowest BCUT2D eigenvalue weighted by molar-refractivity contribution is 0.111. The van der Waals surface area contributed by atoms with Crippen LogP contribution in [-0.2, 0) is 7.05 Å². The van der Waals surface area contributed by atoms with E-state index >= 15 is 0 Å². The second kappa shape index (κ2) is 6.26. The van der Waals surface area contributed by atoms with Crippen LogP contribution in [0.5, 0.6) is 0 Å². The third-order valence-electron chi connectivity index (χ3n) is 2.76. The van der Waals surface area contributed by atoms with E-state index in [0.29, 0.717) is 16.4 Å². The van der Waals surface area contributed by atoms with Crippen molar-refractivity contribution in [2.24, 2.45) is 7.05 Å². The second-order valence-corrected chi connectivity index (χ2v) is 5.66. The molecule has 0 saturated carbocycles. The van der Waals surface area contributed by atoms with Crippen molar-refractivity contribution < 1.29 is 4.79 Å². The van der Waals surface area contributed by atoms with Gasteiger partial charge in [0.25, 0.3) is 0 Å². The quantitative estimate of drug-likeness (QED) is 0.616. The summed E-state index contributed by atoms with van der Waals surface area (Å²) in [4.78, 5) is 15.8. The third kappa shape index (κ3) is 3.01. The van der Waals surface area contributed by atoms with E-state index in [-0.39, 0.29) is 0 Å². The summed E-state index contributed by atoms with van der Waals surface area (Å²) < 4.78 is 1.84. The summed E-state index contributed by atoms with van der Waals surface area (Å²) in [6.45, 7) is 2.12. The van der Waals surface area contributed by atoms with Gasteiger partial charge >= 0.3 is 0 Å². The Morgan fingerprint density at radius 2 is 2.05 bits per heavy atom. The first-order valence-electron chi connectivity index (χ1n) is 6.08. The van der Waals surface area contributed by atoms with Crippen molar-refractivity contribution in [1.29, 1.82) is 0 Å². The highest BCUT2D eigenvalue weighted by atomic mass is 35.5. The molecule has 2 aromatic rings. The van der Waals surface area contributed by atoms with Crippen LogP contribution < -0.4 is 0 Å². The number of hydrogen-bond donors (Lipinski definition) is 0. The molecule has 100 valence electrons. The molecule has 0 aliphatic heterocycles. The first kappa shape index (κ1) is 14.2. The van der Waals surface area contributed by atoms with Gasteiger partial charge in [-0.1, -0.05) is 42.4 Å². The number of aromatic nitrogens is 2. The van der Waals surface area contributed by atoms with Gasteiger partial charge in [-0.05, 0) is 18.6 Å². The average Bonchev–Trinajstić information content (AvgIpc) is 2.73. The standard InChI is InChI=1S/C14H15ClN2OS/c1-3-8-19-14-16-13(12(9-18)17(14)2)10-4-6-11(15)7-5-10/h4-7,9H,3,8H2,1-2H3. The Morgan fingerprint density at radius 1 is 1.37 bits per heavy atom. The normalized spacial score (nSPS) is 10.7. The number of aldehydes is 1. The maximum atomic E-state index is 11.3. The molecule has 0 fully saturated rings. The molecule has 19 heavy (non-hydrogen) atoms. The maximum Gasteiger partial charge on any atom is 0.168 e. The van der Waals surface area contributed by atoms with Crippen molar-refractivity contribution >= 4 is 29.6 Å². The van der Waals surface area contributed by atoms with Crippen LogP contribution in [0.15, 0.2) is 29.4 Å². The highest BCUT2D eigenvalue weighted by molar-refractivity contribution is 7.99. The van der Waals surface area contributed by atoms with E-state index < -0.39 is 0 Å². The van der Waals surface area contributed by atoms with E-state index in [4.69, 9.17) is 11.6 Å². The van der Waals surface area contributed by atoms with Gasteiger partial charge in [-0.3, -0.25) is 4.79 Å². The number of benzene rings is 1. The van der Waals surface area contributed by atoms with Gasteiger partial charge in [0, 0.05) is 23.4 Å². The van der Waals surface area contributed by atoms with Gasteiger partial charge in [-0.2, -0.15) is 0 Å². The minimum Gasteiger partial charge on any atom is -0.319 e. The number of halogens is 1. The third-order valence-corrected chi connectivity index (χ3v) is 4.25. The second-order valence-electron chi connectivity index (χ2n) is 4.16. The Morgan fingerprint density at radius 3 is 2.63 bits per heavy atom. The monoisotopic (exact) mass is 294 g/mol. The number of imidazole rings is 1. The number of carbonyl (C=O) groups excluding carboxylic acids is 1. The Hall–Kier alpha value is -1.26. The van der Waals surface area contributed by atoms with Gasteiger partial charge in [0.1, 0.15) is 11.4 Å². The fourth-order valence-corrected chi connectivity index (χ4v) is 2.73. The Balaban J connectivity index is 2.44. The van der Waals surface area contributed by atoms with Gasteiger partial charge in [0.2, 0.25) is 0 Å². The summed E-state index contributed by atoms with van der Waals surface area (Å²) >= 11 is 7.54. The summed E-state index contributed by atoms with van der Waals surface area (Å²) in [5, 5.41) is 1.54. The van der Waals surface area contributed by atoms with Gasteiger partial charge < -0.3 is 4.57 Å². The zero-order valence-electron chi connectivity index (χ0n) is 10.9. The van der Waals surface area contributed by atoms with Crippen LogP contribution in [0, 0.1) is 0 Å². The van der Waals surface area contributed by atoms with Crippen LogP contribution in [-0.4, -0.2) is 21.6 Å². The molecule has 0 saturated heterocycles. The molecule has 0 spiro atoms. The average molecular weight is 295 g/mol. The molecule has 0 amide bonds. The minimum absolute atomic E-state index is 0.598. The lowest BCUT2D eigenvalue weighted by atomic mass is 10.1. The topological polar surface area (TPSA) is 34.9 Å². The van der Waals surface area contributed by atoms with Crippen LogP contribution in [0.25, 0.3) is 11.3 Å². The lowest BCUT2D eigenvalue weighted by Gasteiger charge is -2.00. The van der Waals surface area contributed by atoms with E-state index in [1.54, 1.807) is 23.9 Å². The molecular weight excluding hydrogens is 280 g/mol. The Kier molecular flexibility index (Phi) is 4.66. The number of nitrogens with zero attached hydrogens (tertiary/aromatic N) is 2. The zero-order valence-corrected chi connectivity index (χ0v) is 12.5. The number of rotatable bonds is 5. The molecule has 1 heterocycles. The maximum absolute atomic E-state index is 11.3. The molecule has 0 radical (unpaired) electrons. The van der Waals surface area contributed by atoms with E-state index in [1.165, 1.54) is 0 Å². The minimum atomic E-state index is 0.598. The summed E-state index contributed by atoms with van der Waals surface area (Å²) in [6, 6.07) is 7.37. The highest BCUT2D eigenvalue weighted by Gasteiger charge is 2.15. The SMILES string of the molecule is CCCSc1nc(-c2ccc(Cl)cc2)c(C=O)n1C. The van der Waals surface area contributed by atoms with Crippen LogP contribution in [0.4, 0.5) is 0 Å². The summed E-state index contributed by atoms with van der Waals surface area (Å²) in [5.74, 6) is 0.989. The van der Waals surface area contributed by atoms with E-state index in [2.05, 4.69) is 11.9 Å². The number of carbonyl (C=O) groups is 1. The molecule has 0 atom stereocenters.